The zero-order valence-corrected chi connectivity index (χ0v) is 21.6. The highest BCUT2D eigenvalue weighted by Gasteiger charge is 2.63. The van der Waals surface area contributed by atoms with Gasteiger partial charge in [-0.05, 0) is 105 Å². The van der Waals surface area contributed by atoms with Crippen LogP contribution >= 0.6 is 0 Å². The second-order valence-electron chi connectivity index (χ2n) is 13.2. The minimum absolute atomic E-state index is 0.0544. The van der Waals surface area contributed by atoms with Crippen LogP contribution in [0.2, 0.25) is 0 Å². The second kappa shape index (κ2) is 8.66. The van der Waals surface area contributed by atoms with Gasteiger partial charge in [0.1, 0.15) is 6.10 Å². The number of aliphatic hydroxyl groups is 1. The molecule has 1 aliphatic heterocycles. The Morgan fingerprint density at radius 1 is 1.18 bits per heavy atom. The molecule has 5 rings (SSSR count). The normalized spacial score (nSPS) is 50.4. The number of carbonyl (C=O) groups is 1. The van der Waals surface area contributed by atoms with Gasteiger partial charge >= 0.3 is 5.97 Å². The van der Waals surface area contributed by atoms with Crippen molar-refractivity contribution in [1.82, 2.24) is 5.32 Å². The summed E-state index contributed by atoms with van der Waals surface area (Å²) in [6.07, 6.45) is 12.6. The molecule has 0 aromatic rings. The maximum Gasteiger partial charge on any atom is 0.302 e. The van der Waals surface area contributed by atoms with Crippen LogP contribution in [-0.2, 0) is 9.53 Å². The van der Waals surface area contributed by atoms with Gasteiger partial charge in [-0.2, -0.15) is 0 Å². The molecule has 0 spiro atoms. The van der Waals surface area contributed by atoms with Gasteiger partial charge in [0, 0.05) is 18.9 Å². The van der Waals surface area contributed by atoms with Crippen LogP contribution < -0.4 is 5.32 Å². The van der Waals surface area contributed by atoms with Crippen LogP contribution in [0.15, 0.2) is 11.6 Å². The number of rotatable bonds is 3. The summed E-state index contributed by atoms with van der Waals surface area (Å²) in [5, 5.41) is 14.2. The van der Waals surface area contributed by atoms with Gasteiger partial charge in [0.15, 0.2) is 0 Å². The number of fused-ring (bicyclic) bond motifs is 5. The van der Waals surface area contributed by atoms with Gasteiger partial charge in [0.25, 0.3) is 0 Å². The fourth-order valence-corrected chi connectivity index (χ4v) is 9.66. The molecular weight excluding hydrogens is 410 g/mol. The molecule has 4 nitrogen and oxygen atoms in total. The van der Waals surface area contributed by atoms with Crippen LogP contribution in [0.5, 0.6) is 0 Å². The molecule has 0 bridgehead atoms. The molecule has 0 amide bonds. The summed E-state index contributed by atoms with van der Waals surface area (Å²) in [5.41, 5.74) is 2.03. The summed E-state index contributed by atoms with van der Waals surface area (Å²) in [4.78, 5) is 12.2. The first-order chi connectivity index (χ1) is 15.6. The van der Waals surface area contributed by atoms with Crippen LogP contribution in [0.25, 0.3) is 0 Å². The van der Waals surface area contributed by atoms with E-state index in [0.717, 1.165) is 44.6 Å². The summed E-state index contributed by atoms with van der Waals surface area (Å²) in [6.45, 7) is 12.5. The van der Waals surface area contributed by atoms with E-state index in [4.69, 9.17) is 4.74 Å². The van der Waals surface area contributed by atoms with Crippen LogP contribution in [0.4, 0.5) is 0 Å². The fourth-order valence-electron chi connectivity index (χ4n) is 9.66. The third-order valence-electron chi connectivity index (χ3n) is 11.4. The van der Waals surface area contributed by atoms with Crippen LogP contribution in [0.1, 0.15) is 92.4 Å². The summed E-state index contributed by atoms with van der Waals surface area (Å²) < 4.78 is 6.12. The minimum atomic E-state index is -0.148. The molecule has 186 valence electrons. The first-order valence-electron chi connectivity index (χ1n) is 13.9. The Morgan fingerprint density at radius 3 is 2.67 bits per heavy atom. The molecule has 11 atom stereocenters. The van der Waals surface area contributed by atoms with E-state index in [1.54, 1.807) is 6.92 Å². The lowest BCUT2D eigenvalue weighted by Gasteiger charge is -2.58. The molecule has 2 N–H and O–H groups in total. The molecule has 0 aromatic carbocycles. The fraction of sp³-hybridized carbons (Fsp3) is 0.897. The van der Waals surface area contributed by atoms with Crippen molar-refractivity contribution < 1.29 is 14.6 Å². The molecular formula is C29H47NO3. The lowest BCUT2D eigenvalue weighted by Crippen LogP contribution is -2.53. The lowest BCUT2D eigenvalue weighted by atomic mass is 9.47. The van der Waals surface area contributed by atoms with Crippen molar-refractivity contribution >= 4 is 5.97 Å². The number of nitrogens with one attached hydrogen (secondary N) is 1. The van der Waals surface area contributed by atoms with E-state index in [1.807, 2.05) is 0 Å². The van der Waals surface area contributed by atoms with Gasteiger partial charge in [0.2, 0.25) is 0 Å². The maximum atomic E-state index is 12.2. The van der Waals surface area contributed by atoms with Gasteiger partial charge in [-0.15, -0.1) is 0 Å². The Hall–Kier alpha value is -0.870. The predicted octanol–water partition coefficient (Wildman–Crippen LogP) is 5.49. The van der Waals surface area contributed by atoms with Crippen molar-refractivity contribution in [2.45, 2.75) is 111 Å². The highest BCUT2D eigenvalue weighted by molar-refractivity contribution is 5.66. The Balaban J connectivity index is 1.44. The average molecular weight is 458 g/mol. The van der Waals surface area contributed by atoms with E-state index in [9.17, 15) is 9.90 Å². The number of aliphatic hydroxyl groups excluding tert-OH is 1. The summed E-state index contributed by atoms with van der Waals surface area (Å²) in [6, 6.07) is 0.535. The maximum absolute atomic E-state index is 12.2. The van der Waals surface area contributed by atoms with Gasteiger partial charge in [-0.3, -0.25) is 4.79 Å². The van der Waals surface area contributed by atoms with Crippen molar-refractivity contribution in [2.75, 3.05) is 6.54 Å². The van der Waals surface area contributed by atoms with Crippen molar-refractivity contribution in [3.63, 3.8) is 0 Å². The monoisotopic (exact) mass is 457 g/mol. The summed E-state index contributed by atoms with van der Waals surface area (Å²) in [7, 11) is 0. The first kappa shape index (κ1) is 23.9. The van der Waals surface area contributed by atoms with Gasteiger partial charge < -0.3 is 15.2 Å². The van der Waals surface area contributed by atoms with E-state index in [0.29, 0.717) is 35.6 Å². The zero-order valence-electron chi connectivity index (χ0n) is 21.6. The lowest BCUT2D eigenvalue weighted by molar-refractivity contribution is -0.151. The van der Waals surface area contributed by atoms with Crippen molar-refractivity contribution in [3.05, 3.63) is 11.6 Å². The molecule has 0 radical (unpaired) electrons. The third kappa shape index (κ3) is 3.92. The number of esters is 1. The molecule has 0 aromatic heterocycles. The number of carbonyl (C=O) groups excluding carboxylic acids is 1. The molecule has 0 unspecified atom stereocenters. The number of ether oxygens (including phenoxy) is 1. The quantitative estimate of drug-likeness (QED) is 0.434. The molecule has 4 heteroatoms. The molecule has 1 heterocycles. The van der Waals surface area contributed by atoms with Crippen LogP contribution in [-0.4, -0.2) is 35.9 Å². The van der Waals surface area contributed by atoms with E-state index >= 15 is 0 Å². The molecule has 4 aliphatic carbocycles. The first-order valence-corrected chi connectivity index (χ1v) is 13.9. The Bertz CT molecular complexity index is 786. The Kier molecular flexibility index (Phi) is 6.26. The average Bonchev–Trinajstić information content (AvgIpc) is 3.05. The van der Waals surface area contributed by atoms with Crippen LogP contribution in [0.3, 0.4) is 0 Å². The van der Waals surface area contributed by atoms with E-state index in [1.165, 1.54) is 31.3 Å². The van der Waals surface area contributed by atoms with Gasteiger partial charge in [-0.1, -0.05) is 39.3 Å². The topological polar surface area (TPSA) is 58.6 Å². The standard InChI is InChI=1S/C29H47NO3/c1-17-6-9-25(30-16-17)18(2)27-26(33-19(3)31)15-24-22-8-7-20-14-21(32)10-12-28(20,4)23(22)11-13-29(24,27)5/h7,17-18,21-27,30,32H,6,8-16H2,1-5H3/t17-,18+,21-,22+,23-,24-,25-,26+,27-,28-,29-/m0/s1. The molecule has 3 saturated carbocycles. The van der Waals surface area contributed by atoms with Gasteiger partial charge in [0.05, 0.1) is 6.10 Å². The van der Waals surface area contributed by atoms with E-state index < -0.39 is 0 Å². The number of piperidine rings is 1. The van der Waals surface area contributed by atoms with Crippen LogP contribution in [0, 0.1) is 46.3 Å². The Labute approximate surface area is 201 Å². The van der Waals surface area contributed by atoms with E-state index in [2.05, 4.69) is 39.1 Å². The smallest absolute Gasteiger partial charge is 0.302 e. The molecule has 4 fully saturated rings. The highest BCUT2D eigenvalue weighted by atomic mass is 16.5. The van der Waals surface area contributed by atoms with Gasteiger partial charge in [-0.25, -0.2) is 0 Å². The molecule has 1 saturated heterocycles. The van der Waals surface area contributed by atoms with Crippen molar-refractivity contribution in [2.24, 2.45) is 46.3 Å². The zero-order chi connectivity index (χ0) is 23.5. The largest absolute Gasteiger partial charge is 0.462 e. The molecule has 5 aliphatic rings. The number of hydrogen-bond donors (Lipinski definition) is 2. The Morgan fingerprint density at radius 2 is 1.97 bits per heavy atom. The third-order valence-corrected chi connectivity index (χ3v) is 11.4. The van der Waals surface area contributed by atoms with Crippen molar-refractivity contribution in [1.29, 1.82) is 0 Å². The molecule has 33 heavy (non-hydrogen) atoms. The minimum Gasteiger partial charge on any atom is -0.462 e. The van der Waals surface area contributed by atoms with Crippen molar-refractivity contribution in [3.8, 4) is 0 Å². The highest BCUT2D eigenvalue weighted by Crippen LogP contribution is 2.67. The second-order valence-corrected chi connectivity index (χ2v) is 13.2. The number of allylic oxidation sites excluding steroid dienone is 1. The summed E-state index contributed by atoms with van der Waals surface area (Å²) >= 11 is 0. The SMILES string of the molecule is CC(=O)O[C@@H]1C[C@H]2[C@@H]3CC=C4C[C@@H](O)CC[C@]4(C)[C@H]3CC[C@]2(C)[C@H]1[C@H](C)[C@@H]1CC[C@H](C)CN1. The predicted molar refractivity (Wildman–Crippen MR) is 131 cm³/mol. The summed E-state index contributed by atoms with van der Waals surface area (Å²) in [5.74, 6) is 3.62. The number of hydrogen-bond acceptors (Lipinski definition) is 4. The van der Waals surface area contributed by atoms with E-state index in [-0.39, 0.29) is 29.0 Å².